The van der Waals surface area contributed by atoms with Crippen LogP contribution >= 0.6 is 0 Å². The van der Waals surface area contributed by atoms with Gasteiger partial charge in [0.05, 0.1) is 0 Å². The maximum Gasteiger partial charge on any atom is 0.342 e. The number of ether oxygens (including phenoxy) is 2. The molecule has 0 aromatic heterocycles. The summed E-state index contributed by atoms with van der Waals surface area (Å²) in [4.78, 5) is 24.4. The molecule has 5 nitrogen and oxygen atoms in total. The van der Waals surface area contributed by atoms with E-state index in [2.05, 4.69) is 5.32 Å². The van der Waals surface area contributed by atoms with Gasteiger partial charge in [-0.2, -0.15) is 0 Å². The summed E-state index contributed by atoms with van der Waals surface area (Å²) in [6.07, 6.45) is 0.718. The van der Waals surface area contributed by atoms with Crippen molar-refractivity contribution >= 4 is 11.9 Å². The van der Waals surface area contributed by atoms with Gasteiger partial charge in [0.1, 0.15) is 17.9 Å². The molecule has 0 saturated carbocycles. The molecule has 0 radical (unpaired) electrons. The Labute approximate surface area is 176 Å². The summed E-state index contributed by atoms with van der Waals surface area (Å²) in [7, 11) is 0. The van der Waals surface area contributed by atoms with Gasteiger partial charge in [0.25, 0.3) is 5.91 Å². The number of carbonyl (C=O) groups is 2. The monoisotopic (exact) mass is 403 g/mol. The topological polar surface area (TPSA) is 64.6 Å². The molecule has 3 aromatic rings. The fourth-order valence-corrected chi connectivity index (χ4v) is 2.97. The molecule has 0 aliphatic heterocycles. The Kier molecular flexibility index (Phi) is 7.61. The lowest BCUT2D eigenvalue weighted by atomic mass is 10.1. The predicted octanol–water partition coefficient (Wildman–Crippen LogP) is 4.09. The fraction of sp³-hybridized carbons (Fsp3) is 0.200. The number of para-hydroxylation sites is 1. The molecule has 0 aliphatic rings. The lowest BCUT2D eigenvalue weighted by Gasteiger charge is -2.12. The highest BCUT2D eigenvalue weighted by molar-refractivity contribution is 5.94. The zero-order chi connectivity index (χ0) is 21.2. The number of nitrogens with one attached hydrogen (secondary N) is 1. The molecular formula is C25H25NO4. The summed E-state index contributed by atoms with van der Waals surface area (Å²) < 4.78 is 11.0. The molecule has 0 aliphatic carbocycles. The number of esters is 1. The second-order valence-electron chi connectivity index (χ2n) is 6.94. The van der Waals surface area contributed by atoms with Crippen molar-refractivity contribution in [1.82, 2.24) is 5.32 Å². The van der Waals surface area contributed by atoms with E-state index in [1.54, 1.807) is 24.3 Å². The average Bonchev–Trinajstić information content (AvgIpc) is 2.77. The Balaban J connectivity index is 1.48. The highest BCUT2D eigenvalue weighted by Crippen LogP contribution is 2.20. The van der Waals surface area contributed by atoms with Crippen LogP contribution in [0.15, 0.2) is 78.9 Å². The van der Waals surface area contributed by atoms with Crippen molar-refractivity contribution in [2.24, 2.45) is 0 Å². The molecule has 0 unspecified atom stereocenters. The summed E-state index contributed by atoms with van der Waals surface area (Å²) >= 11 is 0. The molecule has 0 saturated heterocycles. The average molecular weight is 403 g/mol. The number of aryl methyl sites for hydroxylation is 1. The largest absolute Gasteiger partial charge is 0.488 e. The van der Waals surface area contributed by atoms with Crippen LogP contribution in [0.2, 0.25) is 0 Å². The van der Waals surface area contributed by atoms with Crippen molar-refractivity contribution in [2.75, 3.05) is 13.2 Å². The van der Waals surface area contributed by atoms with Crippen LogP contribution in [0.3, 0.4) is 0 Å². The van der Waals surface area contributed by atoms with Gasteiger partial charge in [-0.15, -0.1) is 0 Å². The normalized spacial score (nSPS) is 10.3. The first kappa shape index (κ1) is 21.1. The molecule has 1 N–H and O–H groups in total. The zero-order valence-corrected chi connectivity index (χ0v) is 17.0. The van der Waals surface area contributed by atoms with Crippen LogP contribution in [-0.4, -0.2) is 25.0 Å². The van der Waals surface area contributed by atoms with Crippen LogP contribution in [-0.2, 0) is 22.6 Å². The van der Waals surface area contributed by atoms with Crippen molar-refractivity contribution in [2.45, 2.75) is 20.0 Å². The Hall–Kier alpha value is -3.60. The Bertz CT molecular complexity index is 985. The Morgan fingerprint density at radius 1 is 0.867 bits per heavy atom. The summed E-state index contributed by atoms with van der Waals surface area (Å²) in [6, 6.07) is 24.7. The Morgan fingerprint density at radius 3 is 2.40 bits per heavy atom. The van der Waals surface area contributed by atoms with Gasteiger partial charge < -0.3 is 14.8 Å². The van der Waals surface area contributed by atoms with Gasteiger partial charge in [-0.05, 0) is 36.6 Å². The van der Waals surface area contributed by atoms with Crippen molar-refractivity contribution in [3.05, 3.63) is 101 Å². The van der Waals surface area contributed by atoms with E-state index in [4.69, 9.17) is 9.47 Å². The predicted molar refractivity (Wildman–Crippen MR) is 115 cm³/mol. The van der Waals surface area contributed by atoms with Gasteiger partial charge in [-0.1, -0.05) is 72.3 Å². The van der Waals surface area contributed by atoms with Crippen molar-refractivity contribution in [3.8, 4) is 5.75 Å². The number of amides is 1. The number of rotatable bonds is 9. The first-order chi connectivity index (χ1) is 14.6. The highest BCUT2D eigenvalue weighted by atomic mass is 16.5. The minimum atomic E-state index is -0.590. The van der Waals surface area contributed by atoms with E-state index in [-0.39, 0.29) is 12.5 Å². The van der Waals surface area contributed by atoms with E-state index in [0.717, 1.165) is 23.1 Å². The van der Waals surface area contributed by atoms with E-state index in [9.17, 15) is 9.59 Å². The van der Waals surface area contributed by atoms with Crippen molar-refractivity contribution in [3.63, 3.8) is 0 Å². The van der Waals surface area contributed by atoms with Crippen LogP contribution in [0.25, 0.3) is 0 Å². The van der Waals surface area contributed by atoms with E-state index in [1.807, 2.05) is 61.5 Å². The molecule has 0 bridgehead atoms. The van der Waals surface area contributed by atoms with E-state index < -0.39 is 5.97 Å². The highest BCUT2D eigenvalue weighted by Gasteiger charge is 2.15. The van der Waals surface area contributed by atoms with Gasteiger partial charge >= 0.3 is 5.97 Å². The summed E-state index contributed by atoms with van der Waals surface area (Å²) in [5.41, 5.74) is 3.58. The van der Waals surface area contributed by atoms with Gasteiger partial charge in [0.15, 0.2) is 6.61 Å². The summed E-state index contributed by atoms with van der Waals surface area (Å²) in [5, 5.41) is 2.76. The number of carbonyl (C=O) groups excluding carboxylic acids is 2. The van der Waals surface area contributed by atoms with E-state index >= 15 is 0 Å². The molecule has 3 rings (SSSR count). The summed E-state index contributed by atoms with van der Waals surface area (Å²) in [6.45, 7) is 2.50. The van der Waals surface area contributed by atoms with Gasteiger partial charge in [-0.3, -0.25) is 4.79 Å². The van der Waals surface area contributed by atoms with Gasteiger partial charge in [0.2, 0.25) is 0 Å². The van der Waals surface area contributed by atoms with Crippen LogP contribution in [0.4, 0.5) is 0 Å². The quantitative estimate of drug-likeness (QED) is 0.547. The van der Waals surface area contributed by atoms with Crippen molar-refractivity contribution < 1.29 is 19.1 Å². The molecular weight excluding hydrogens is 378 g/mol. The third-order valence-corrected chi connectivity index (χ3v) is 4.50. The van der Waals surface area contributed by atoms with Crippen LogP contribution in [0.5, 0.6) is 5.75 Å². The molecule has 0 heterocycles. The van der Waals surface area contributed by atoms with Crippen LogP contribution in [0.1, 0.15) is 27.0 Å². The third-order valence-electron chi connectivity index (χ3n) is 4.50. The van der Waals surface area contributed by atoms with E-state index in [1.165, 1.54) is 0 Å². The minimum absolute atomic E-state index is 0.294. The smallest absolute Gasteiger partial charge is 0.342 e. The maximum absolute atomic E-state index is 12.4. The zero-order valence-electron chi connectivity index (χ0n) is 17.0. The van der Waals surface area contributed by atoms with E-state index in [0.29, 0.717) is 24.5 Å². The first-order valence-corrected chi connectivity index (χ1v) is 9.87. The lowest BCUT2D eigenvalue weighted by molar-refractivity contribution is -0.124. The summed E-state index contributed by atoms with van der Waals surface area (Å²) in [5.74, 6) is -0.501. The SMILES string of the molecule is Cc1cccc(COc2ccccc2C(=O)OCC(=O)NCCc2ccccc2)c1. The standard InChI is InChI=1S/C25H25NO4/c1-19-8-7-11-21(16-19)17-29-23-13-6-5-12-22(23)25(28)30-18-24(27)26-15-14-20-9-3-2-4-10-20/h2-13,16H,14-15,17-18H2,1H3,(H,26,27). The van der Waals surface area contributed by atoms with Crippen LogP contribution in [0, 0.1) is 6.92 Å². The molecule has 30 heavy (non-hydrogen) atoms. The molecule has 1 amide bonds. The number of hydrogen-bond donors (Lipinski definition) is 1. The molecule has 0 spiro atoms. The number of benzene rings is 3. The minimum Gasteiger partial charge on any atom is -0.488 e. The molecule has 3 aromatic carbocycles. The molecule has 154 valence electrons. The second kappa shape index (κ2) is 10.8. The third kappa shape index (κ3) is 6.48. The van der Waals surface area contributed by atoms with Gasteiger partial charge in [-0.25, -0.2) is 4.79 Å². The Morgan fingerprint density at radius 2 is 1.60 bits per heavy atom. The van der Waals surface area contributed by atoms with Gasteiger partial charge in [0, 0.05) is 6.54 Å². The van der Waals surface area contributed by atoms with Crippen molar-refractivity contribution in [1.29, 1.82) is 0 Å². The molecule has 0 atom stereocenters. The molecule has 5 heteroatoms. The van der Waals surface area contributed by atoms with Crippen LogP contribution < -0.4 is 10.1 Å². The fourth-order valence-electron chi connectivity index (χ4n) is 2.97. The second-order valence-corrected chi connectivity index (χ2v) is 6.94. The number of hydrogen-bond acceptors (Lipinski definition) is 4. The lowest BCUT2D eigenvalue weighted by Crippen LogP contribution is -2.30. The maximum atomic E-state index is 12.4. The molecule has 0 fully saturated rings. The first-order valence-electron chi connectivity index (χ1n) is 9.87.